The zero-order valence-corrected chi connectivity index (χ0v) is 26.4. The third-order valence-electron chi connectivity index (χ3n) is 11.0. The van der Waals surface area contributed by atoms with E-state index >= 15 is 0 Å². The van der Waals surface area contributed by atoms with Crippen molar-refractivity contribution in [2.75, 3.05) is 0 Å². The highest BCUT2D eigenvalue weighted by Crippen LogP contribution is 2.48. The van der Waals surface area contributed by atoms with Gasteiger partial charge in [0, 0.05) is 10.8 Å². The fraction of sp³-hybridized carbons (Fsp3) is 0.195. The largest absolute Gasteiger partial charge is 0.424 e. The maximum atomic E-state index is 6.87. The average Bonchev–Trinajstić information content (AvgIpc) is 3.56. The maximum Gasteiger partial charge on any atom is 0.307 e. The first kappa shape index (κ1) is 24.5. The highest BCUT2D eigenvalue weighted by atomic mass is 16.3. The molecule has 0 unspecified atom stereocenters. The van der Waals surface area contributed by atoms with E-state index in [9.17, 15) is 0 Å². The predicted octanol–water partition coefficient (Wildman–Crippen LogP) is 8.69. The minimum Gasteiger partial charge on any atom is -0.424 e. The van der Waals surface area contributed by atoms with E-state index in [4.69, 9.17) is 9.40 Å². The molecule has 2 aliphatic rings. The van der Waals surface area contributed by atoms with E-state index < -0.39 is 0 Å². The van der Waals surface area contributed by atoms with Crippen LogP contribution in [0.15, 0.2) is 83.3 Å². The fourth-order valence-corrected chi connectivity index (χ4v) is 8.89. The van der Waals surface area contributed by atoms with Crippen LogP contribution in [0, 0.1) is 0 Å². The molecule has 0 N–H and O–H groups in total. The lowest BCUT2D eigenvalue weighted by Crippen LogP contribution is -2.52. The number of benzene rings is 7. The van der Waals surface area contributed by atoms with Crippen LogP contribution in [0.1, 0.15) is 52.7 Å². The van der Waals surface area contributed by atoms with Crippen LogP contribution < -0.4 is 16.4 Å². The van der Waals surface area contributed by atoms with Crippen molar-refractivity contribution >= 4 is 94.2 Å². The number of rotatable bonds is 0. The molecule has 7 aromatic carbocycles. The van der Waals surface area contributed by atoms with Crippen LogP contribution in [0.5, 0.6) is 0 Å². The van der Waals surface area contributed by atoms with Gasteiger partial charge in [0.2, 0.25) is 6.71 Å². The van der Waals surface area contributed by atoms with Gasteiger partial charge in [-0.1, -0.05) is 114 Å². The van der Waals surface area contributed by atoms with Crippen LogP contribution in [-0.2, 0) is 10.8 Å². The Kier molecular flexibility index (Phi) is 4.00. The average molecular weight is 579 g/mol. The maximum absolute atomic E-state index is 6.87. The molecule has 0 atom stereocenters. The van der Waals surface area contributed by atoms with Gasteiger partial charge in [0.05, 0.1) is 16.6 Å². The smallest absolute Gasteiger partial charge is 0.307 e. The number of nitrogens with zero attached hydrogens (tertiary/aromatic N) is 2. The van der Waals surface area contributed by atoms with Crippen molar-refractivity contribution in [3.63, 3.8) is 0 Å². The molecule has 0 saturated carbocycles. The van der Waals surface area contributed by atoms with E-state index in [-0.39, 0.29) is 17.5 Å². The van der Waals surface area contributed by atoms with Gasteiger partial charge in [-0.25, -0.2) is 0 Å². The van der Waals surface area contributed by atoms with Crippen molar-refractivity contribution in [1.82, 2.24) is 9.38 Å². The Morgan fingerprint density at radius 3 is 2.22 bits per heavy atom. The zero-order chi connectivity index (χ0) is 30.3. The van der Waals surface area contributed by atoms with Gasteiger partial charge >= 0.3 is 5.84 Å². The van der Waals surface area contributed by atoms with Crippen molar-refractivity contribution in [3.05, 3.63) is 90.0 Å². The number of imidazole rings is 1. The molecule has 0 bridgehead atoms. The van der Waals surface area contributed by atoms with E-state index in [2.05, 4.69) is 125 Å². The number of hydrogen-bond acceptors (Lipinski definition) is 2. The van der Waals surface area contributed by atoms with E-state index in [0.717, 1.165) is 11.1 Å². The zero-order valence-electron chi connectivity index (χ0n) is 26.4. The van der Waals surface area contributed by atoms with Crippen LogP contribution >= 0.6 is 0 Å². The van der Waals surface area contributed by atoms with E-state index in [1.807, 2.05) is 0 Å². The first-order valence-electron chi connectivity index (χ1n) is 16.2. The number of hydrogen-bond donors (Lipinski definition) is 0. The summed E-state index contributed by atoms with van der Waals surface area (Å²) in [6.45, 7) is 13.9. The van der Waals surface area contributed by atoms with Crippen LogP contribution in [-0.4, -0.2) is 16.1 Å². The molecule has 0 spiro atoms. The van der Waals surface area contributed by atoms with Gasteiger partial charge < -0.3 is 4.42 Å². The van der Waals surface area contributed by atoms with Crippen LogP contribution in [0.3, 0.4) is 0 Å². The Bertz CT molecular complexity index is 2840. The molecule has 0 aliphatic carbocycles. The summed E-state index contributed by atoms with van der Waals surface area (Å²) in [6.07, 6.45) is 0. The second-order valence-electron chi connectivity index (χ2n) is 15.6. The number of aromatic nitrogens is 2. The molecule has 214 valence electrons. The fourth-order valence-electron chi connectivity index (χ4n) is 8.89. The Morgan fingerprint density at radius 2 is 1.40 bits per heavy atom. The molecule has 4 heterocycles. The molecule has 3 nitrogen and oxygen atoms in total. The summed E-state index contributed by atoms with van der Waals surface area (Å²) >= 11 is 0. The third kappa shape index (κ3) is 2.76. The third-order valence-corrected chi connectivity index (χ3v) is 11.0. The standard InChI is InChI=1S/C41H31BN2O/c1-40(2,3)23-15-21-12-13-26-32-27-14-11-20-9-7-8-10-25(20)35(27)42-28-18-24(41(4,5)6)19-29-37(28)44-38(36(32)42)34-30(45-39(44)43-29)17-22(16-23)31(21)33(26)34/h7-19H,1-6H3. The first-order chi connectivity index (χ1) is 21.6. The quantitative estimate of drug-likeness (QED) is 0.102. The van der Waals surface area contributed by atoms with E-state index in [1.54, 1.807) is 0 Å². The van der Waals surface area contributed by atoms with Gasteiger partial charge in [-0.15, -0.1) is 0 Å². The SMILES string of the molecule is CC(C)(C)c1cc2ccc3c4c5c6c7c(cc(c1)c2c37)oc1nc2cc(C(C)(C)C)cc(c2n16)B5c1c-4ccc2ccccc12. The minimum atomic E-state index is -0.0144. The summed E-state index contributed by atoms with van der Waals surface area (Å²) in [5.41, 5.74) is 14.0. The summed E-state index contributed by atoms with van der Waals surface area (Å²) in [5.74, 6) is 0.680. The summed E-state index contributed by atoms with van der Waals surface area (Å²) in [7, 11) is 0. The van der Waals surface area contributed by atoms with E-state index in [0.29, 0.717) is 5.84 Å². The molecule has 2 aliphatic heterocycles. The summed E-state index contributed by atoms with van der Waals surface area (Å²) < 4.78 is 9.23. The minimum absolute atomic E-state index is 0.0144. The number of fused-ring (bicyclic) bond motifs is 7. The van der Waals surface area contributed by atoms with Crippen molar-refractivity contribution in [2.24, 2.45) is 0 Å². The molecule has 4 heteroatoms. The predicted molar refractivity (Wildman–Crippen MR) is 191 cm³/mol. The van der Waals surface area contributed by atoms with E-state index in [1.165, 1.54) is 92.8 Å². The van der Waals surface area contributed by atoms with Gasteiger partial charge in [0.15, 0.2) is 0 Å². The lowest BCUT2D eigenvalue weighted by atomic mass is 9.37. The topological polar surface area (TPSA) is 30.4 Å². The highest BCUT2D eigenvalue weighted by Gasteiger charge is 2.44. The van der Waals surface area contributed by atoms with Gasteiger partial charge in [0.1, 0.15) is 5.58 Å². The highest BCUT2D eigenvalue weighted by molar-refractivity contribution is 7.03. The molecule has 0 amide bonds. The Labute approximate surface area is 260 Å². The summed E-state index contributed by atoms with van der Waals surface area (Å²) in [6, 6.07) is 30.2. The molecule has 11 rings (SSSR count). The van der Waals surface area contributed by atoms with Crippen molar-refractivity contribution in [2.45, 2.75) is 52.4 Å². The lowest BCUT2D eigenvalue weighted by molar-refractivity contribution is 0.591. The lowest BCUT2D eigenvalue weighted by Gasteiger charge is -2.27. The van der Waals surface area contributed by atoms with Gasteiger partial charge in [-0.3, -0.25) is 4.40 Å². The Hall–Kier alpha value is -4.83. The van der Waals surface area contributed by atoms with Gasteiger partial charge in [-0.2, -0.15) is 4.98 Å². The molecule has 0 fully saturated rings. The second kappa shape index (κ2) is 7.34. The molecule has 0 saturated heterocycles. The van der Waals surface area contributed by atoms with Crippen LogP contribution in [0.2, 0.25) is 0 Å². The first-order valence-corrected chi connectivity index (χ1v) is 16.2. The molecular formula is C41H31BN2O. The summed E-state index contributed by atoms with van der Waals surface area (Å²) in [4.78, 5) is 5.23. The second-order valence-corrected chi connectivity index (χ2v) is 15.6. The van der Waals surface area contributed by atoms with Crippen LogP contribution in [0.4, 0.5) is 0 Å². The molecule has 0 radical (unpaired) electrons. The molecule has 2 aromatic heterocycles. The Balaban J connectivity index is 1.46. The Morgan fingerprint density at radius 1 is 0.644 bits per heavy atom. The molecule has 45 heavy (non-hydrogen) atoms. The monoisotopic (exact) mass is 578 g/mol. The normalized spacial score (nSPS) is 14.4. The van der Waals surface area contributed by atoms with Gasteiger partial charge in [0.25, 0.3) is 0 Å². The van der Waals surface area contributed by atoms with Crippen molar-refractivity contribution in [3.8, 4) is 11.1 Å². The van der Waals surface area contributed by atoms with Gasteiger partial charge in [-0.05, 0) is 88.5 Å². The molecular weight excluding hydrogens is 547 g/mol. The summed E-state index contributed by atoms with van der Waals surface area (Å²) in [5, 5.41) is 10.4. The molecule has 9 aromatic rings. The van der Waals surface area contributed by atoms with Crippen molar-refractivity contribution < 1.29 is 4.42 Å². The van der Waals surface area contributed by atoms with Crippen LogP contribution in [0.25, 0.3) is 82.2 Å². The van der Waals surface area contributed by atoms with Crippen molar-refractivity contribution in [1.29, 1.82) is 0 Å².